The Kier molecular flexibility index (Phi) is 20.0. The van der Waals surface area contributed by atoms with Crippen molar-refractivity contribution in [3.63, 3.8) is 0 Å². The average molecular weight is 645 g/mol. The van der Waals surface area contributed by atoms with Crippen LogP contribution in [0, 0.1) is 0 Å². The molecule has 10 nitrogen and oxygen atoms in total. The summed E-state index contributed by atoms with van der Waals surface area (Å²) < 4.78 is 10.9. The number of cyclic esters (lactones) is 1. The van der Waals surface area contributed by atoms with E-state index in [1.165, 1.54) is 44.9 Å². The highest BCUT2D eigenvalue weighted by molar-refractivity contribution is 5.90. The second-order valence-corrected chi connectivity index (χ2v) is 13.6. The van der Waals surface area contributed by atoms with Crippen molar-refractivity contribution < 1.29 is 50.0 Å². The minimum Gasteiger partial charge on any atom is -0.455 e. The first-order valence-electron chi connectivity index (χ1n) is 17.8. The molecule has 0 spiro atoms. The Morgan fingerprint density at radius 2 is 1.22 bits per heavy atom. The number of ether oxygens (including phenoxy) is 2. The number of esters is 1. The topological polar surface area (TPSA) is 177 Å². The molecule has 45 heavy (non-hydrogen) atoms. The molecule has 10 atom stereocenters. The molecule has 264 valence electrons. The monoisotopic (exact) mass is 644 g/mol. The molecule has 2 aliphatic rings. The van der Waals surface area contributed by atoms with Crippen molar-refractivity contribution in [2.24, 2.45) is 0 Å². The highest BCUT2D eigenvalue weighted by Crippen LogP contribution is 2.29. The van der Waals surface area contributed by atoms with Gasteiger partial charge in [0.1, 0.15) is 6.10 Å². The van der Waals surface area contributed by atoms with E-state index in [9.17, 15) is 40.5 Å². The van der Waals surface area contributed by atoms with Gasteiger partial charge in [-0.1, -0.05) is 71.1 Å². The molecule has 0 aromatic rings. The third-order valence-electron chi connectivity index (χ3n) is 9.34. The van der Waals surface area contributed by atoms with Gasteiger partial charge in [-0.05, 0) is 64.4 Å². The number of rotatable bonds is 26. The minimum absolute atomic E-state index is 0.0107. The molecule has 0 bridgehead atoms. The maximum Gasteiger partial charge on any atom is 0.334 e. The lowest BCUT2D eigenvalue weighted by Crippen LogP contribution is -2.34. The van der Waals surface area contributed by atoms with E-state index >= 15 is 0 Å². The van der Waals surface area contributed by atoms with Crippen LogP contribution in [0.3, 0.4) is 0 Å². The van der Waals surface area contributed by atoms with Gasteiger partial charge in [-0.15, -0.1) is 0 Å². The van der Waals surface area contributed by atoms with Crippen molar-refractivity contribution in [1.82, 2.24) is 0 Å². The van der Waals surface area contributed by atoms with Gasteiger partial charge in [0, 0.05) is 18.4 Å². The largest absolute Gasteiger partial charge is 0.455 e. The summed E-state index contributed by atoms with van der Waals surface area (Å²) in [4.78, 5) is 11.7. The van der Waals surface area contributed by atoms with Crippen molar-refractivity contribution in [3.05, 3.63) is 11.6 Å². The molecule has 0 aliphatic carbocycles. The normalized spacial score (nSPS) is 25.0. The lowest BCUT2D eigenvalue weighted by molar-refractivity contribution is -0.139. The van der Waals surface area contributed by atoms with Crippen LogP contribution in [-0.4, -0.2) is 103 Å². The molecule has 2 aliphatic heterocycles. The zero-order valence-corrected chi connectivity index (χ0v) is 27.8. The predicted molar refractivity (Wildman–Crippen MR) is 172 cm³/mol. The number of hydrogen-bond acceptors (Lipinski definition) is 10. The molecule has 1 fully saturated rings. The van der Waals surface area contributed by atoms with Gasteiger partial charge in [-0.2, -0.15) is 0 Å². The van der Waals surface area contributed by atoms with Gasteiger partial charge in [0.25, 0.3) is 0 Å². The summed E-state index contributed by atoms with van der Waals surface area (Å²) in [7, 11) is 0. The van der Waals surface area contributed by atoms with Crippen LogP contribution >= 0.6 is 0 Å². The van der Waals surface area contributed by atoms with E-state index in [1.807, 2.05) is 0 Å². The Balaban J connectivity index is 1.54. The third-order valence-corrected chi connectivity index (χ3v) is 9.34. The van der Waals surface area contributed by atoms with Crippen LogP contribution in [0.4, 0.5) is 0 Å². The van der Waals surface area contributed by atoms with E-state index in [2.05, 4.69) is 6.92 Å². The molecule has 7 N–H and O–H groups in total. The summed E-state index contributed by atoms with van der Waals surface area (Å²) in [5, 5.41) is 72.9. The predicted octanol–water partition coefficient (Wildman–Crippen LogP) is 3.97. The first-order valence-corrected chi connectivity index (χ1v) is 17.8. The first kappa shape index (κ1) is 40.1. The highest BCUT2D eigenvalue weighted by Gasteiger charge is 2.36. The van der Waals surface area contributed by atoms with Crippen LogP contribution in [0.1, 0.15) is 142 Å². The standard InChI is InChI=1S/C35H64O10/c1-3-4-5-6-7-8-9-10-11-12-13-29(39)30(40)16-14-27(37)22-28(38)23-32(42)34-19-18-33(45-34)31(41)17-15-26(36)21-25-20-24(2)44-35(25)43/h20,24,26-34,36-42H,3-19,21-23H2,1-2H3/t24?,26?,27-,28+,29+,30+,31+,32+,33+,34+/m1/s1. The summed E-state index contributed by atoms with van der Waals surface area (Å²) >= 11 is 0. The second-order valence-electron chi connectivity index (χ2n) is 13.6. The fourth-order valence-corrected chi connectivity index (χ4v) is 6.49. The zero-order valence-electron chi connectivity index (χ0n) is 27.8. The number of aliphatic hydroxyl groups excluding tert-OH is 7. The molecule has 10 heteroatoms. The van der Waals surface area contributed by atoms with E-state index in [1.54, 1.807) is 13.0 Å². The molecule has 0 amide bonds. The molecule has 0 aromatic carbocycles. The van der Waals surface area contributed by atoms with Gasteiger partial charge in [0.15, 0.2) is 0 Å². The zero-order chi connectivity index (χ0) is 33.2. The van der Waals surface area contributed by atoms with E-state index < -0.39 is 60.9 Å². The van der Waals surface area contributed by atoms with Crippen molar-refractivity contribution in [1.29, 1.82) is 0 Å². The van der Waals surface area contributed by atoms with Crippen LogP contribution in [0.2, 0.25) is 0 Å². The molecule has 2 rings (SSSR count). The van der Waals surface area contributed by atoms with Crippen LogP contribution < -0.4 is 0 Å². The number of aliphatic hydroxyl groups is 7. The Bertz CT molecular complexity index is 822. The van der Waals surface area contributed by atoms with E-state index in [0.29, 0.717) is 24.8 Å². The van der Waals surface area contributed by atoms with Gasteiger partial charge < -0.3 is 45.2 Å². The third kappa shape index (κ3) is 16.5. The number of unbranched alkanes of at least 4 members (excludes halogenated alkanes) is 9. The average Bonchev–Trinajstić information content (AvgIpc) is 3.61. The highest BCUT2D eigenvalue weighted by atomic mass is 16.5. The Labute approximate surface area is 270 Å². The van der Waals surface area contributed by atoms with Gasteiger partial charge in [-0.3, -0.25) is 0 Å². The van der Waals surface area contributed by atoms with E-state index in [-0.39, 0.29) is 51.0 Å². The number of hydrogen-bond donors (Lipinski definition) is 7. The molecule has 1 saturated heterocycles. The fraction of sp³-hybridized carbons (Fsp3) is 0.914. The second kappa shape index (κ2) is 22.5. The molecule has 2 unspecified atom stereocenters. The molecular formula is C35H64O10. The van der Waals surface area contributed by atoms with Gasteiger partial charge in [-0.25, -0.2) is 4.79 Å². The van der Waals surface area contributed by atoms with Crippen molar-refractivity contribution in [3.8, 4) is 0 Å². The van der Waals surface area contributed by atoms with Crippen LogP contribution in [0.15, 0.2) is 11.6 Å². The lowest BCUT2D eigenvalue weighted by Gasteiger charge is -2.25. The Morgan fingerprint density at radius 1 is 0.667 bits per heavy atom. The number of carbonyl (C=O) groups is 1. The minimum atomic E-state index is -0.967. The lowest BCUT2D eigenvalue weighted by atomic mass is 9.96. The van der Waals surface area contributed by atoms with Crippen molar-refractivity contribution in [2.75, 3.05) is 0 Å². The number of carbonyl (C=O) groups excluding carboxylic acids is 1. The van der Waals surface area contributed by atoms with Crippen LogP contribution in [-0.2, 0) is 14.3 Å². The van der Waals surface area contributed by atoms with Crippen molar-refractivity contribution in [2.45, 2.75) is 203 Å². The molecule has 0 radical (unpaired) electrons. The quantitative estimate of drug-likeness (QED) is 0.0539. The molecule has 2 heterocycles. The maximum absolute atomic E-state index is 11.7. The van der Waals surface area contributed by atoms with Gasteiger partial charge in [0.05, 0.1) is 54.9 Å². The molecular weight excluding hydrogens is 580 g/mol. The van der Waals surface area contributed by atoms with E-state index in [0.717, 1.165) is 19.3 Å². The van der Waals surface area contributed by atoms with Gasteiger partial charge in [0.2, 0.25) is 0 Å². The van der Waals surface area contributed by atoms with Crippen molar-refractivity contribution >= 4 is 5.97 Å². The first-order chi connectivity index (χ1) is 21.5. The fourth-order valence-electron chi connectivity index (χ4n) is 6.49. The Hall–Kier alpha value is -1.11. The summed E-state index contributed by atoms with van der Waals surface area (Å²) in [5.41, 5.74) is 0.446. The summed E-state index contributed by atoms with van der Waals surface area (Å²) in [6, 6.07) is 0. The van der Waals surface area contributed by atoms with Gasteiger partial charge >= 0.3 is 5.97 Å². The van der Waals surface area contributed by atoms with E-state index in [4.69, 9.17) is 9.47 Å². The Morgan fingerprint density at radius 3 is 1.82 bits per heavy atom. The summed E-state index contributed by atoms with van der Waals surface area (Å²) in [6.07, 6.45) is 9.08. The SMILES string of the molecule is CCCCCCCCCCCC[C@H](O)[C@@H](O)CC[C@@H](O)C[C@H](O)C[C@H](O)[C@@H]1CC[C@@H]([C@@H](O)CCC(O)CC2=CC(C)OC2=O)O1. The summed E-state index contributed by atoms with van der Waals surface area (Å²) in [6.45, 7) is 3.98. The maximum atomic E-state index is 11.7. The molecule has 0 saturated carbocycles. The summed E-state index contributed by atoms with van der Waals surface area (Å²) in [5.74, 6) is -0.418. The smallest absolute Gasteiger partial charge is 0.334 e. The molecule has 0 aromatic heterocycles. The van der Waals surface area contributed by atoms with Crippen LogP contribution in [0.5, 0.6) is 0 Å². The van der Waals surface area contributed by atoms with Crippen LogP contribution in [0.25, 0.3) is 0 Å².